The number of benzene rings is 1. The van der Waals surface area contributed by atoms with Crippen LogP contribution in [0.3, 0.4) is 0 Å². The first-order chi connectivity index (χ1) is 13.1. The summed E-state index contributed by atoms with van der Waals surface area (Å²) >= 11 is 6.00. The minimum Gasteiger partial charge on any atom is -0.340 e. The summed E-state index contributed by atoms with van der Waals surface area (Å²) in [5.74, 6) is 0.361. The van der Waals surface area contributed by atoms with Gasteiger partial charge in [0.15, 0.2) is 0 Å². The minimum absolute atomic E-state index is 0.180. The fourth-order valence-electron chi connectivity index (χ4n) is 4.40. The Hall–Kier alpha value is -1.59. The van der Waals surface area contributed by atoms with Crippen LogP contribution in [0.15, 0.2) is 24.3 Å². The van der Waals surface area contributed by atoms with Crippen molar-refractivity contribution in [2.24, 2.45) is 0 Å². The van der Waals surface area contributed by atoms with Crippen LogP contribution < -0.4 is 0 Å². The molecule has 2 saturated heterocycles. The molecule has 0 radical (unpaired) electrons. The van der Waals surface area contributed by atoms with Crippen molar-refractivity contribution in [2.45, 2.75) is 37.5 Å². The van der Waals surface area contributed by atoms with E-state index in [0.29, 0.717) is 31.1 Å². The Labute approximate surface area is 166 Å². The lowest BCUT2D eigenvalue weighted by atomic mass is 9.94. The van der Waals surface area contributed by atoms with Crippen LogP contribution in [0, 0.1) is 0 Å². The predicted molar refractivity (Wildman–Crippen MR) is 106 cm³/mol. The van der Waals surface area contributed by atoms with Gasteiger partial charge in [0.2, 0.25) is 11.8 Å². The summed E-state index contributed by atoms with van der Waals surface area (Å²) in [6.45, 7) is 5.85. The van der Waals surface area contributed by atoms with E-state index in [0.717, 1.165) is 44.6 Å². The van der Waals surface area contributed by atoms with Gasteiger partial charge in [-0.2, -0.15) is 0 Å². The van der Waals surface area contributed by atoms with Crippen molar-refractivity contribution in [1.82, 2.24) is 14.7 Å². The normalized spacial score (nSPS) is 22.8. The molecule has 5 nitrogen and oxygen atoms in total. The van der Waals surface area contributed by atoms with E-state index in [9.17, 15) is 9.59 Å². The summed E-state index contributed by atoms with van der Waals surface area (Å²) < 4.78 is 0. The molecule has 3 aliphatic rings. The molecule has 2 amide bonds. The maximum atomic E-state index is 13.3. The molecule has 0 aromatic heterocycles. The van der Waals surface area contributed by atoms with Crippen LogP contribution in [-0.2, 0) is 15.0 Å². The van der Waals surface area contributed by atoms with Gasteiger partial charge < -0.3 is 14.7 Å². The van der Waals surface area contributed by atoms with E-state index >= 15 is 0 Å². The molecule has 27 heavy (non-hydrogen) atoms. The van der Waals surface area contributed by atoms with E-state index in [-0.39, 0.29) is 11.8 Å². The largest absolute Gasteiger partial charge is 0.340 e. The first kappa shape index (κ1) is 18.8. The zero-order chi connectivity index (χ0) is 18.9. The molecule has 0 atom stereocenters. The number of hydrogen-bond donors (Lipinski definition) is 0. The van der Waals surface area contributed by atoms with Gasteiger partial charge in [0.1, 0.15) is 0 Å². The Morgan fingerprint density at radius 1 is 0.963 bits per heavy atom. The van der Waals surface area contributed by atoms with Gasteiger partial charge in [-0.25, -0.2) is 0 Å². The second-order valence-electron chi connectivity index (χ2n) is 8.06. The maximum Gasteiger partial charge on any atom is 0.233 e. The van der Waals surface area contributed by atoms with Crippen LogP contribution in [0.5, 0.6) is 0 Å². The van der Waals surface area contributed by atoms with E-state index in [2.05, 4.69) is 4.90 Å². The Morgan fingerprint density at radius 3 is 2.33 bits per heavy atom. The van der Waals surface area contributed by atoms with Gasteiger partial charge in [-0.3, -0.25) is 9.59 Å². The molecule has 1 aliphatic carbocycles. The molecule has 4 rings (SSSR count). The quantitative estimate of drug-likeness (QED) is 0.777. The Kier molecular flexibility index (Phi) is 5.42. The van der Waals surface area contributed by atoms with E-state index in [1.165, 1.54) is 12.8 Å². The number of carbonyl (C=O) groups is 2. The lowest BCUT2D eigenvalue weighted by Gasteiger charge is -2.27. The molecular formula is C21H28ClN3O2. The van der Waals surface area contributed by atoms with Crippen molar-refractivity contribution in [2.75, 3.05) is 45.8 Å². The molecule has 3 fully saturated rings. The third-order valence-corrected chi connectivity index (χ3v) is 6.57. The molecule has 1 aromatic carbocycles. The third kappa shape index (κ3) is 3.99. The van der Waals surface area contributed by atoms with Gasteiger partial charge in [0, 0.05) is 44.2 Å². The molecule has 1 aromatic rings. The van der Waals surface area contributed by atoms with E-state index in [4.69, 9.17) is 11.6 Å². The number of carbonyl (C=O) groups excluding carboxylic acids is 2. The Bertz CT molecular complexity index is 696. The Morgan fingerprint density at radius 2 is 1.67 bits per heavy atom. The number of halogens is 1. The molecule has 2 heterocycles. The second kappa shape index (κ2) is 7.80. The van der Waals surface area contributed by atoms with E-state index in [1.54, 1.807) is 0 Å². The van der Waals surface area contributed by atoms with Crippen LogP contribution in [0.25, 0.3) is 0 Å². The van der Waals surface area contributed by atoms with Crippen LogP contribution in [0.4, 0.5) is 0 Å². The fraction of sp³-hybridized carbons (Fsp3) is 0.619. The second-order valence-corrected chi connectivity index (χ2v) is 8.50. The van der Waals surface area contributed by atoms with Gasteiger partial charge in [-0.05, 0) is 56.5 Å². The average molecular weight is 390 g/mol. The predicted octanol–water partition coefficient (Wildman–Crippen LogP) is 2.53. The summed E-state index contributed by atoms with van der Waals surface area (Å²) in [4.78, 5) is 32.1. The molecule has 0 spiro atoms. The topological polar surface area (TPSA) is 43.9 Å². The van der Waals surface area contributed by atoms with E-state index < -0.39 is 5.41 Å². The molecule has 0 unspecified atom stereocenters. The van der Waals surface area contributed by atoms with Crippen LogP contribution in [0.2, 0.25) is 5.02 Å². The first-order valence-corrected chi connectivity index (χ1v) is 10.5. The highest BCUT2D eigenvalue weighted by molar-refractivity contribution is 6.30. The standard InChI is InChI=1S/C21H28ClN3O2/c22-18-5-3-17(4-6-18)21(8-9-21)20(27)25-12-7-19(26)24(15-16-25)14-13-23-10-1-2-11-23/h3-6H,1-2,7-16H2. The zero-order valence-corrected chi connectivity index (χ0v) is 16.6. The SMILES string of the molecule is O=C1CCN(C(=O)C2(c3ccc(Cl)cc3)CC2)CCN1CCN1CCCC1. The molecule has 146 valence electrons. The number of rotatable bonds is 5. The monoisotopic (exact) mass is 389 g/mol. The van der Waals surface area contributed by atoms with Crippen molar-refractivity contribution in [3.8, 4) is 0 Å². The summed E-state index contributed by atoms with van der Waals surface area (Å²) in [6, 6.07) is 7.66. The highest BCUT2D eigenvalue weighted by Crippen LogP contribution is 2.49. The van der Waals surface area contributed by atoms with Gasteiger partial charge in [0.05, 0.1) is 5.41 Å². The molecular weight excluding hydrogens is 362 g/mol. The van der Waals surface area contributed by atoms with Crippen LogP contribution in [0.1, 0.15) is 37.7 Å². The fourth-order valence-corrected chi connectivity index (χ4v) is 4.52. The molecule has 0 N–H and O–H groups in total. The summed E-state index contributed by atoms with van der Waals surface area (Å²) in [5.41, 5.74) is 0.664. The van der Waals surface area contributed by atoms with Gasteiger partial charge >= 0.3 is 0 Å². The summed E-state index contributed by atoms with van der Waals surface area (Å²) in [5, 5.41) is 0.691. The minimum atomic E-state index is -0.391. The van der Waals surface area contributed by atoms with Crippen molar-refractivity contribution >= 4 is 23.4 Å². The van der Waals surface area contributed by atoms with Crippen molar-refractivity contribution in [1.29, 1.82) is 0 Å². The highest BCUT2D eigenvalue weighted by Gasteiger charge is 2.53. The number of amides is 2. The average Bonchev–Trinajstić information content (AvgIpc) is 3.36. The first-order valence-electron chi connectivity index (χ1n) is 10.1. The van der Waals surface area contributed by atoms with Crippen LogP contribution in [-0.4, -0.2) is 72.3 Å². The zero-order valence-electron chi connectivity index (χ0n) is 15.8. The molecule has 2 aliphatic heterocycles. The molecule has 0 bridgehead atoms. The lowest BCUT2D eigenvalue weighted by Crippen LogP contribution is -2.42. The van der Waals surface area contributed by atoms with E-state index in [1.807, 2.05) is 34.1 Å². The Balaban J connectivity index is 1.37. The maximum absolute atomic E-state index is 13.3. The highest BCUT2D eigenvalue weighted by atomic mass is 35.5. The summed E-state index contributed by atoms with van der Waals surface area (Å²) in [6.07, 6.45) is 4.74. The molecule has 1 saturated carbocycles. The van der Waals surface area contributed by atoms with Crippen LogP contribution >= 0.6 is 11.6 Å². The van der Waals surface area contributed by atoms with Gasteiger partial charge in [-0.15, -0.1) is 0 Å². The van der Waals surface area contributed by atoms with Crippen molar-refractivity contribution in [3.63, 3.8) is 0 Å². The van der Waals surface area contributed by atoms with Crippen molar-refractivity contribution in [3.05, 3.63) is 34.9 Å². The lowest BCUT2D eigenvalue weighted by molar-refractivity contribution is -0.133. The molecule has 6 heteroatoms. The summed E-state index contributed by atoms with van der Waals surface area (Å²) in [7, 11) is 0. The number of hydrogen-bond acceptors (Lipinski definition) is 3. The van der Waals surface area contributed by atoms with Crippen molar-refractivity contribution < 1.29 is 9.59 Å². The smallest absolute Gasteiger partial charge is 0.233 e. The third-order valence-electron chi connectivity index (χ3n) is 6.32. The number of nitrogens with zero attached hydrogens (tertiary/aromatic N) is 3. The number of likely N-dealkylation sites (tertiary alicyclic amines) is 1. The van der Waals surface area contributed by atoms with Gasteiger partial charge in [0.25, 0.3) is 0 Å². The van der Waals surface area contributed by atoms with Gasteiger partial charge in [-0.1, -0.05) is 23.7 Å².